The molecule has 3 N–H and O–H groups in total. The number of hydrogen-bond acceptors (Lipinski definition) is 3. The molecule has 1 rings (SSSR count). The predicted molar refractivity (Wildman–Crippen MR) is 85.1 cm³/mol. The van der Waals surface area contributed by atoms with Crippen LogP contribution in [0.5, 0.6) is 0 Å². The maximum Gasteiger partial charge on any atom is 0.299 e. The van der Waals surface area contributed by atoms with Gasteiger partial charge in [0.2, 0.25) is 0 Å². The Balaban J connectivity index is 2.85. The van der Waals surface area contributed by atoms with Gasteiger partial charge in [0.15, 0.2) is 0 Å². The van der Waals surface area contributed by atoms with Crippen LogP contribution in [0.3, 0.4) is 0 Å². The molecule has 21 heavy (non-hydrogen) atoms. The highest BCUT2D eigenvalue weighted by molar-refractivity contribution is 7.90. The molecule has 0 aliphatic carbocycles. The summed E-state index contributed by atoms with van der Waals surface area (Å²) in [4.78, 5) is 0. The van der Waals surface area contributed by atoms with Crippen molar-refractivity contribution >= 4 is 15.9 Å². The van der Waals surface area contributed by atoms with Crippen molar-refractivity contribution in [2.24, 2.45) is 5.92 Å². The van der Waals surface area contributed by atoms with E-state index in [0.29, 0.717) is 18.7 Å². The largest absolute Gasteiger partial charge is 0.395 e. The summed E-state index contributed by atoms with van der Waals surface area (Å²) in [5, 5.41) is 8.72. The van der Waals surface area contributed by atoms with E-state index in [0.717, 1.165) is 11.1 Å². The summed E-state index contributed by atoms with van der Waals surface area (Å²) in [6.07, 6.45) is 0.394. The second-order valence-corrected chi connectivity index (χ2v) is 6.65. The lowest BCUT2D eigenvalue weighted by molar-refractivity contribution is 0.305. The summed E-state index contributed by atoms with van der Waals surface area (Å²) in [6, 6.07) is 5.19. The lowest BCUT2D eigenvalue weighted by Gasteiger charge is -2.11. The monoisotopic (exact) mass is 310 g/mol. The number of aliphatic hydroxyl groups excluding tert-OH is 1. The molecular formula is C15H22N2O3S. The highest BCUT2D eigenvalue weighted by atomic mass is 32.2. The van der Waals surface area contributed by atoms with Gasteiger partial charge < -0.3 is 5.11 Å². The van der Waals surface area contributed by atoms with Crippen LogP contribution in [0, 0.1) is 24.7 Å². The van der Waals surface area contributed by atoms with E-state index in [1.807, 2.05) is 26.8 Å². The van der Waals surface area contributed by atoms with Crippen molar-refractivity contribution in [3.05, 3.63) is 29.3 Å². The molecule has 6 heteroatoms. The number of rotatable bonds is 6. The molecule has 0 bridgehead atoms. The minimum Gasteiger partial charge on any atom is -0.395 e. The van der Waals surface area contributed by atoms with Gasteiger partial charge in [-0.05, 0) is 30.5 Å². The molecule has 1 aromatic carbocycles. The number of aryl methyl sites for hydroxylation is 1. The Bertz CT molecular complexity index is 628. The molecule has 0 atom stereocenters. The zero-order valence-corrected chi connectivity index (χ0v) is 13.4. The smallest absolute Gasteiger partial charge is 0.299 e. The van der Waals surface area contributed by atoms with Gasteiger partial charge in [-0.3, -0.25) is 4.72 Å². The fourth-order valence-corrected chi connectivity index (χ4v) is 2.56. The average molecular weight is 310 g/mol. The fraction of sp³-hybridized carbons (Fsp3) is 0.467. The van der Waals surface area contributed by atoms with Crippen molar-refractivity contribution in [1.29, 1.82) is 0 Å². The van der Waals surface area contributed by atoms with E-state index < -0.39 is 10.2 Å². The van der Waals surface area contributed by atoms with Crippen LogP contribution in [0.1, 0.15) is 31.4 Å². The second-order valence-electron chi connectivity index (χ2n) is 5.15. The molecule has 0 aliphatic heterocycles. The molecule has 0 saturated carbocycles. The van der Waals surface area contributed by atoms with Crippen LogP contribution in [-0.2, 0) is 10.2 Å². The molecule has 0 unspecified atom stereocenters. The first-order valence-electron chi connectivity index (χ1n) is 6.82. The standard InChI is InChI=1S/C15H22N2O3S/c1-12(2)11-16-21(19,20)17-15-8-7-13(3)14(10-15)6-4-5-9-18/h7-8,10,12,16-18H,5,9,11H2,1-3H3. The quantitative estimate of drug-likeness (QED) is 0.699. The van der Waals surface area contributed by atoms with Gasteiger partial charge in [-0.15, -0.1) is 0 Å². The third-order valence-corrected chi connectivity index (χ3v) is 3.68. The Morgan fingerprint density at radius 1 is 1.33 bits per heavy atom. The van der Waals surface area contributed by atoms with E-state index in [4.69, 9.17) is 5.11 Å². The molecule has 116 valence electrons. The second kappa shape index (κ2) is 8.03. The zero-order valence-electron chi connectivity index (χ0n) is 12.6. The molecule has 0 aromatic heterocycles. The Labute approximate surface area is 127 Å². The highest BCUT2D eigenvalue weighted by Gasteiger charge is 2.10. The Kier molecular flexibility index (Phi) is 6.69. The van der Waals surface area contributed by atoms with Gasteiger partial charge in [-0.2, -0.15) is 13.1 Å². The van der Waals surface area contributed by atoms with Crippen molar-refractivity contribution in [3.63, 3.8) is 0 Å². The molecule has 0 saturated heterocycles. The van der Waals surface area contributed by atoms with Gasteiger partial charge in [0.05, 0.1) is 12.3 Å². The summed E-state index contributed by atoms with van der Waals surface area (Å²) < 4.78 is 28.7. The Hall–Kier alpha value is -1.55. The van der Waals surface area contributed by atoms with Crippen LogP contribution in [0.2, 0.25) is 0 Å². The molecule has 0 fully saturated rings. The number of aliphatic hydroxyl groups is 1. The lowest BCUT2D eigenvalue weighted by Crippen LogP contribution is -2.32. The first-order chi connectivity index (χ1) is 9.84. The van der Waals surface area contributed by atoms with Gasteiger partial charge in [0.25, 0.3) is 10.2 Å². The van der Waals surface area contributed by atoms with E-state index in [1.54, 1.807) is 12.1 Å². The number of nitrogens with one attached hydrogen (secondary N) is 2. The van der Waals surface area contributed by atoms with Crippen molar-refractivity contribution < 1.29 is 13.5 Å². The Morgan fingerprint density at radius 2 is 2.05 bits per heavy atom. The summed E-state index contributed by atoms with van der Waals surface area (Å²) in [5.41, 5.74) is 2.16. The van der Waals surface area contributed by atoms with E-state index in [9.17, 15) is 8.42 Å². The summed E-state index contributed by atoms with van der Waals surface area (Å²) in [5.74, 6) is 5.99. The summed E-state index contributed by atoms with van der Waals surface area (Å²) in [6.45, 7) is 6.16. The minimum absolute atomic E-state index is 0.0114. The number of benzene rings is 1. The molecule has 0 heterocycles. The van der Waals surface area contributed by atoms with Gasteiger partial charge in [0, 0.05) is 18.5 Å². The van der Waals surface area contributed by atoms with Crippen LogP contribution < -0.4 is 9.44 Å². The van der Waals surface area contributed by atoms with Crippen LogP contribution in [0.4, 0.5) is 5.69 Å². The van der Waals surface area contributed by atoms with E-state index in [1.165, 1.54) is 0 Å². The van der Waals surface area contributed by atoms with Crippen molar-refractivity contribution in [2.75, 3.05) is 17.9 Å². The number of anilines is 1. The molecule has 5 nitrogen and oxygen atoms in total. The molecule has 1 aromatic rings. The van der Waals surface area contributed by atoms with E-state index >= 15 is 0 Å². The third kappa shape index (κ3) is 6.63. The number of hydrogen-bond donors (Lipinski definition) is 3. The van der Waals surface area contributed by atoms with Gasteiger partial charge in [0.1, 0.15) is 0 Å². The van der Waals surface area contributed by atoms with Gasteiger partial charge >= 0.3 is 0 Å². The first-order valence-corrected chi connectivity index (χ1v) is 8.30. The predicted octanol–water partition coefficient (Wildman–Crippen LogP) is 1.63. The normalized spacial score (nSPS) is 11.1. The summed E-state index contributed by atoms with van der Waals surface area (Å²) in [7, 11) is -3.57. The average Bonchev–Trinajstić information content (AvgIpc) is 2.40. The summed E-state index contributed by atoms with van der Waals surface area (Å²) >= 11 is 0. The van der Waals surface area contributed by atoms with E-state index in [-0.39, 0.29) is 12.5 Å². The third-order valence-electron chi connectivity index (χ3n) is 2.63. The molecule has 0 spiro atoms. The first kappa shape index (κ1) is 17.5. The van der Waals surface area contributed by atoms with Crippen LogP contribution in [0.25, 0.3) is 0 Å². The molecule has 0 radical (unpaired) electrons. The van der Waals surface area contributed by atoms with Crippen LogP contribution in [-0.4, -0.2) is 26.7 Å². The fourth-order valence-electron chi connectivity index (χ4n) is 1.50. The SMILES string of the molecule is Cc1ccc(NS(=O)(=O)NCC(C)C)cc1C#CCCO. The maximum atomic E-state index is 11.9. The van der Waals surface area contributed by atoms with Gasteiger partial charge in [-0.1, -0.05) is 31.8 Å². The van der Waals surface area contributed by atoms with E-state index in [2.05, 4.69) is 21.3 Å². The van der Waals surface area contributed by atoms with Gasteiger partial charge in [-0.25, -0.2) is 0 Å². The zero-order chi connectivity index (χ0) is 15.9. The van der Waals surface area contributed by atoms with Crippen molar-refractivity contribution in [2.45, 2.75) is 27.2 Å². The van der Waals surface area contributed by atoms with Crippen molar-refractivity contribution in [3.8, 4) is 11.8 Å². The lowest BCUT2D eigenvalue weighted by atomic mass is 10.1. The molecular weight excluding hydrogens is 288 g/mol. The van der Waals surface area contributed by atoms with Crippen LogP contribution in [0.15, 0.2) is 18.2 Å². The molecule has 0 amide bonds. The molecule has 0 aliphatic rings. The van der Waals surface area contributed by atoms with Crippen molar-refractivity contribution in [1.82, 2.24) is 4.72 Å². The highest BCUT2D eigenvalue weighted by Crippen LogP contribution is 2.15. The minimum atomic E-state index is -3.57. The van der Waals surface area contributed by atoms with Crippen LogP contribution >= 0.6 is 0 Å². The topological polar surface area (TPSA) is 78.4 Å². The maximum absolute atomic E-state index is 11.9. The Morgan fingerprint density at radius 3 is 2.67 bits per heavy atom.